The van der Waals surface area contributed by atoms with Gasteiger partial charge in [-0.25, -0.2) is 4.84 Å². The van der Waals surface area contributed by atoms with E-state index in [1.165, 1.54) is 0 Å². The van der Waals surface area contributed by atoms with E-state index in [0.717, 1.165) is 0 Å². The summed E-state index contributed by atoms with van der Waals surface area (Å²) in [6, 6.07) is 0. The lowest BCUT2D eigenvalue weighted by Gasteiger charge is -1.86. The first-order valence-corrected chi connectivity index (χ1v) is 2.11. The summed E-state index contributed by atoms with van der Waals surface area (Å²) in [5.41, 5.74) is 0. The maximum absolute atomic E-state index is 9.83. The SMILES string of the molecule is O=C(CCl)O[N+](=O)[O-]. The Morgan fingerprint density at radius 1 is 1.88 bits per heavy atom. The van der Waals surface area contributed by atoms with E-state index in [1.54, 1.807) is 0 Å². The summed E-state index contributed by atoms with van der Waals surface area (Å²) in [5.74, 6) is -1.56. The van der Waals surface area contributed by atoms with Crippen molar-refractivity contribution in [2.45, 2.75) is 0 Å². The zero-order valence-electron chi connectivity index (χ0n) is 3.67. The number of nitrogens with zero attached hydrogens (tertiary/aromatic N) is 1. The van der Waals surface area contributed by atoms with Gasteiger partial charge in [0.05, 0.1) is 0 Å². The molecule has 0 fully saturated rings. The van der Waals surface area contributed by atoms with E-state index in [2.05, 4.69) is 4.84 Å². The van der Waals surface area contributed by atoms with E-state index in [1.807, 2.05) is 0 Å². The second kappa shape index (κ2) is 3.20. The predicted octanol–water partition coefficient (Wildman–Crippen LogP) is -0.0399. The number of hydrogen-bond donors (Lipinski definition) is 0. The van der Waals surface area contributed by atoms with Gasteiger partial charge >= 0.3 is 11.1 Å². The number of rotatable bonds is 2. The van der Waals surface area contributed by atoms with Crippen LogP contribution in [-0.2, 0) is 9.63 Å². The first kappa shape index (κ1) is 7.16. The maximum atomic E-state index is 9.83. The fraction of sp³-hybridized carbons (Fsp3) is 0.500. The molecule has 46 valence electrons. The van der Waals surface area contributed by atoms with Crippen LogP contribution >= 0.6 is 11.6 Å². The molecular formula is C2H2ClNO4. The molecule has 0 rings (SSSR count). The third-order valence-corrected chi connectivity index (χ3v) is 0.504. The minimum absolute atomic E-state index is 0.499. The molecular weight excluding hydrogens is 137 g/mol. The molecule has 8 heavy (non-hydrogen) atoms. The Morgan fingerprint density at radius 2 is 2.38 bits per heavy atom. The van der Waals surface area contributed by atoms with E-state index in [9.17, 15) is 14.9 Å². The third kappa shape index (κ3) is 3.35. The number of alkyl halides is 1. The maximum Gasteiger partial charge on any atom is 0.318 e. The third-order valence-electron chi connectivity index (χ3n) is 0.285. The standard InChI is InChI=1S/C2H2ClNO4/c3-1-2(5)8-4(6)7/h1H2. The van der Waals surface area contributed by atoms with Crippen LogP contribution in [0.15, 0.2) is 0 Å². The highest BCUT2D eigenvalue weighted by Gasteiger charge is 2.02. The van der Waals surface area contributed by atoms with Crippen molar-refractivity contribution < 1.29 is 14.7 Å². The molecule has 0 heterocycles. The van der Waals surface area contributed by atoms with Crippen molar-refractivity contribution in [1.82, 2.24) is 0 Å². The lowest BCUT2D eigenvalue weighted by molar-refractivity contribution is -0.729. The van der Waals surface area contributed by atoms with Gasteiger partial charge in [0.15, 0.2) is 0 Å². The van der Waals surface area contributed by atoms with E-state index in [0.29, 0.717) is 0 Å². The van der Waals surface area contributed by atoms with Gasteiger partial charge in [0.25, 0.3) is 0 Å². The summed E-state index contributed by atoms with van der Waals surface area (Å²) in [4.78, 5) is 22.4. The Labute approximate surface area is 49.3 Å². The topological polar surface area (TPSA) is 69.4 Å². The molecule has 0 saturated carbocycles. The van der Waals surface area contributed by atoms with Crippen LogP contribution in [0.5, 0.6) is 0 Å². The monoisotopic (exact) mass is 139 g/mol. The van der Waals surface area contributed by atoms with Gasteiger partial charge in [0.2, 0.25) is 0 Å². The van der Waals surface area contributed by atoms with Crippen molar-refractivity contribution >= 4 is 17.6 Å². The zero-order valence-corrected chi connectivity index (χ0v) is 4.42. The van der Waals surface area contributed by atoms with Gasteiger partial charge in [-0.1, -0.05) is 0 Å². The molecule has 0 aromatic heterocycles. The highest BCUT2D eigenvalue weighted by atomic mass is 35.5. The first-order valence-electron chi connectivity index (χ1n) is 1.58. The summed E-state index contributed by atoms with van der Waals surface area (Å²) in [6.45, 7) is 0. The average Bonchev–Trinajstić information content (AvgIpc) is 1.65. The summed E-state index contributed by atoms with van der Waals surface area (Å²) in [5, 5.41) is 8.07. The molecule has 0 unspecified atom stereocenters. The molecule has 0 N–H and O–H groups in total. The molecule has 6 heteroatoms. The predicted molar refractivity (Wildman–Crippen MR) is 23.8 cm³/mol. The Bertz CT molecular complexity index is 113. The normalized spacial score (nSPS) is 8.12. The lowest BCUT2D eigenvalue weighted by Crippen LogP contribution is -2.10. The average molecular weight is 139 g/mol. The van der Waals surface area contributed by atoms with E-state index in [4.69, 9.17) is 11.6 Å². The van der Waals surface area contributed by atoms with Crippen molar-refractivity contribution in [3.63, 3.8) is 0 Å². The minimum atomic E-state index is -1.20. The van der Waals surface area contributed by atoms with Crippen LogP contribution in [0.3, 0.4) is 0 Å². The van der Waals surface area contributed by atoms with Crippen molar-refractivity contribution in [2.75, 3.05) is 5.88 Å². The molecule has 0 aliphatic carbocycles. The van der Waals surface area contributed by atoms with Gasteiger partial charge in [-0.05, 0) is 0 Å². The first-order chi connectivity index (χ1) is 3.66. The van der Waals surface area contributed by atoms with E-state index < -0.39 is 16.9 Å². The van der Waals surface area contributed by atoms with E-state index in [-0.39, 0.29) is 0 Å². The van der Waals surface area contributed by atoms with Gasteiger partial charge in [-0.3, -0.25) is 4.79 Å². The molecule has 0 aliphatic heterocycles. The quantitative estimate of drug-likeness (QED) is 0.306. The summed E-state index contributed by atoms with van der Waals surface area (Å²) in [6.07, 6.45) is 0. The van der Waals surface area contributed by atoms with Gasteiger partial charge in [-0.2, -0.15) is 0 Å². The molecule has 0 bridgehead atoms. The molecule has 0 amide bonds. The largest absolute Gasteiger partial charge is 0.318 e. The van der Waals surface area contributed by atoms with Crippen LogP contribution in [0.2, 0.25) is 0 Å². The molecule has 0 radical (unpaired) electrons. The van der Waals surface area contributed by atoms with Crippen LogP contribution < -0.4 is 0 Å². The second-order valence-electron chi connectivity index (χ2n) is 0.821. The summed E-state index contributed by atoms with van der Waals surface area (Å²) < 4.78 is 0. The molecule has 5 nitrogen and oxygen atoms in total. The molecule has 0 atom stereocenters. The Morgan fingerprint density at radius 3 is 2.50 bits per heavy atom. The molecule has 0 aliphatic rings. The number of halogens is 1. The van der Waals surface area contributed by atoms with Crippen molar-refractivity contribution in [3.05, 3.63) is 10.1 Å². The van der Waals surface area contributed by atoms with Gasteiger partial charge < -0.3 is 0 Å². The summed E-state index contributed by atoms with van der Waals surface area (Å²) >= 11 is 4.82. The van der Waals surface area contributed by atoms with Crippen LogP contribution in [0.1, 0.15) is 0 Å². The van der Waals surface area contributed by atoms with Crippen LogP contribution in [0, 0.1) is 10.1 Å². The van der Waals surface area contributed by atoms with E-state index >= 15 is 0 Å². The molecule has 0 spiro atoms. The summed E-state index contributed by atoms with van der Waals surface area (Å²) in [7, 11) is 0. The van der Waals surface area contributed by atoms with Crippen molar-refractivity contribution in [1.29, 1.82) is 0 Å². The highest BCUT2D eigenvalue weighted by molar-refractivity contribution is 6.26. The van der Waals surface area contributed by atoms with Gasteiger partial charge in [0, 0.05) is 0 Å². The zero-order chi connectivity index (χ0) is 6.57. The molecule has 0 aromatic carbocycles. The van der Waals surface area contributed by atoms with Crippen LogP contribution in [0.4, 0.5) is 0 Å². The Kier molecular flexibility index (Phi) is 2.86. The number of carbonyl (C=O) groups is 1. The van der Waals surface area contributed by atoms with Crippen molar-refractivity contribution in [3.8, 4) is 0 Å². The van der Waals surface area contributed by atoms with Gasteiger partial charge in [-0.15, -0.1) is 21.7 Å². The fourth-order valence-electron chi connectivity index (χ4n) is 0.108. The van der Waals surface area contributed by atoms with Crippen molar-refractivity contribution in [2.24, 2.45) is 0 Å². The lowest BCUT2D eigenvalue weighted by atomic mass is 10.8. The van der Waals surface area contributed by atoms with Crippen LogP contribution in [0.25, 0.3) is 0 Å². The Hall–Kier alpha value is -0.840. The highest BCUT2D eigenvalue weighted by Crippen LogP contribution is 1.80. The molecule has 0 saturated heterocycles. The Balaban J connectivity index is 3.40. The van der Waals surface area contributed by atoms with Gasteiger partial charge in [0.1, 0.15) is 5.88 Å². The second-order valence-corrected chi connectivity index (χ2v) is 1.09. The fourth-order valence-corrected chi connectivity index (χ4v) is 0.156. The number of hydrogen-bond acceptors (Lipinski definition) is 4. The number of carbonyl (C=O) groups excluding carboxylic acids is 1. The smallest absolute Gasteiger partial charge is 0.267 e. The van der Waals surface area contributed by atoms with Crippen LogP contribution in [-0.4, -0.2) is 16.9 Å². The minimum Gasteiger partial charge on any atom is -0.267 e. The molecule has 0 aromatic rings.